The fourth-order valence-corrected chi connectivity index (χ4v) is 1.27. The highest BCUT2D eigenvalue weighted by Crippen LogP contribution is 2.23. The van der Waals surface area contributed by atoms with Gasteiger partial charge in [-0.05, 0) is 19.3 Å². The van der Waals surface area contributed by atoms with E-state index >= 15 is 0 Å². The van der Waals surface area contributed by atoms with Crippen LogP contribution < -0.4 is 0 Å². The molecule has 0 bridgehead atoms. The number of hydrogen-bond acceptors (Lipinski definition) is 2. The summed E-state index contributed by atoms with van der Waals surface area (Å²) in [6.07, 6.45) is 1.28. The maximum Gasteiger partial charge on any atom is 0.303 e. The third-order valence-electron chi connectivity index (χ3n) is 1.97. The average Bonchev–Trinajstić information content (AvgIpc) is 2.15. The van der Waals surface area contributed by atoms with Gasteiger partial charge >= 0.3 is 5.97 Å². The Morgan fingerprint density at radius 3 is 2.90 bits per heavy atom. The summed E-state index contributed by atoms with van der Waals surface area (Å²) in [5.41, 5.74) is 0. The van der Waals surface area contributed by atoms with Gasteiger partial charge in [0, 0.05) is 6.61 Å². The molecule has 1 aliphatic rings. The molecule has 1 heterocycles. The normalized spacial score (nSPS) is 32.5. The van der Waals surface area contributed by atoms with Crippen molar-refractivity contribution in [1.29, 1.82) is 0 Å². The Morgan fingerprint density at radius 2 is 2.50 bits per heavy atom. The third kappa shape index (κ3) is 1.70. The van der Waals surface area contributed by atoms with Crippen molar-refractivity contribution in [1.82, 2.24) is 0 Å². The minimum atomic E-state index is -0.720. The summed E-state index contributed by atoms with van der Waals surface area (Å²) in [6.45, 7) is 2.65. The molecule has 1 saturated heterocycles. The first kappa shape index (κ1) is 7.54. The van der Waals surface area contributed by atoms with Crippen molar-refractivity contribution < 1.29 is 14.6 Å². The Hall–Kier alpha value is -0.570. The van der Waals surface area contributed by atoms with Gasteiger partial charge < -0.3 is 9.84 Å². The molecule has 0 radical (unpaired) electrons. The van der Waals surface area contributed by atoms with E-state index < -0.39 is 5.97 Å². The lowest BCUT2D eigenvalue weighted by atomic mass is 9.99. The first-order chi connectivity index (χ1) is 4.70. The van der Waals surface area contributed by atoms with Gasteiger partial charge in [0.05, 0.1) is 12.5 Å². The molecule has 0 aromatic rings. The molecule has 0 spiro atoms. The summed E-state index contributed by atoms with van der Waals surface area (Å²) in [6, 6.07) is 0. The molecule has 0 saturated carbocycles. The molecular formula is C7H12O3. The second-order valence-electron chi connectivity index (χ2n) is 2.72. The highest BCUT2D eigenvalue weighted by atomic mass is 16.5. The molecule has 0 aromatic heterocycles. The van der Waals surface area contributed by atoms with Crippen LogP contribution in [0.1, 0.15) is 19.8 Å². The molecule has 0 aliphatic carbocycles. The SMILES string of the molecule is C[C@H]1OCC[C@@H]1CC(=O)O. The molecule has 1 fully saturated rings. The van der Waals surface area contributed by atoms with E-state index in [2.05, 4.69) is 0 Å². The number of carbonyl (C=O) groups is 1. The van der Waals surface area contributed by atoms with E-state index in [0.29, 0.717) is 0 Å². The number of carboxylic acids is 1. The highest BCUT2D eigenvalue weighted by molar-refractivity contribution is 5.67. The molecule has 0 amide bonds. The molecule has 3 heteroatoms. The van der Waals surface area contributed by atoms with Crippen molar-refractivity contribution in [2.75, 3.05) is 6.61 Å². The Kier molecular flexibility index (Phi) is 2.27. The van der Waals surface area contributed by atoms with Crippen LogP contribution in [0.3, 0.4) is 0 Å². The number of carboxylic acid groups (broad SMARTS) is 1. The minimum Gasteiger partial charge on any atom is -0.481 e. The lowest BCUT2D eigenvalue weighted by Gasteiger charge is -2.09. The predicted octanol–water partition coefficient (Wildman–Crippen LogP) is 0.886. The van der Waals surface area contributed by atoms with Gasteiger partial charge in [-0.3, -0.25) is 4.79 Å². The van der Waals surface area contributed by atoms with Gasteiger partial charge in [0.25, 0.3) is 0 Å². The van der Waals surface area contributed by atoms with E-state index in [9.17, 15) is 4.79 Å². The first-order valence-corrected chi connectivity index (χ1v) is 3.53. The lowest BCUT2D eigenvalue weighted by molar-refractivity contribution is -0.138. The molecule has 0 unspecified atom stereocenters. The second kappa shape index (κ2) is 3.01. The van der Waals surface area contributed by atoms with E-state index in [1.165, 1.54) is 0 Å². The molecule has 1 rings (SSSR count). The Morgan fingerprint density at radius 1 is 1.80 bits per heavy atom. The molecule has 1 aliphatic heterocycles. The number of ether oxygens (including phenoxy) is 1. The van der Waals surface area contributed by atoms with Crippen LogP contribution in [-0.2, 0) is 9.53 Å². The van der Waals surface area contributed by atoms with Gasteiger partial charge in [0.1, 0.15) is 0 Å². The molecule has 1 N–H and O–H groups in total. The predicted molar refractivity (Wildman–Crippen MR) is 35.8 cm³/mol. The molecular weight excluding hydrogens is 132 g/mol. The Balaban J connectivity index is 2.33. The van der Waals surface area contributed by atoms with Crippen LogP contribution in [0.2, 0.25) is 0 Å². The standard InChI is InChI=1S/C7H12O3/c1-5-6(2-3-10-5)4-7(8)9/h5-6H,2-4H2,1H3,(H,8,9)/t5-,6-/m1/s1. The summed E-state index contributed by atoms with van der Waals surface area (Å²) >= 11 is 0. The largest absolute Gasteiger partial charge is 0.481 e. The van der Waals surface area contributed by atoms with E-state index in [1.807, 2.05) is 6.92 Å². The Bertz CT molecular complexity index is 133. The van der Waals surface area contributed by atoms with Crippen molar-refractivity contribution in [2.45, 2.75) is 25.9 Å². The second-order valence-corrected chi connectivity index (χ2v) is 2.72. The van der Waals surface area contributed by atoms with Crippen LogP contribution in [0, 0.1) is 5.92 Å². The fourth-order valence-electron chi connectivity index (χ4n) is 1.27. The van der Waals surface area contributed by atoms with Gasteiger partial charge in [-0.1, -0.05) is 0 Å². The first-order valence-electron chi connectivity index (χ1n) is 3.53. The van der Waals surface area contributed by atoms with Gasteiger partial charge in [-0.2, -0.15) is 0 Å². The van der Waals surface area contributed by atoms with E-state index in [-0.39, 0.29) is 18.4 Å². The monoisotopic (exact) mass is 144 g/mol. The van der Waals surface area contributed by atoms with E-state index in [1.54, 1.807) is 0 Å². The zero-order valence-electron chi connectivity index (χ0n) is 6.04. The van der Waals surface area contributed by atoms with Crippen molar-refractivity contribution in [3.05, 3.63) is 0 Å². The third-order valence-corrected chi connectivity index (χ3v) is 1.97. The zero-order chi connectivity index (χ0) is 7.56. The summed E-state index contributed by atoms with van der Waals surface area (Å²) in [5.74, 6) is -0.486. The van der Waals surface area contributed by atoms with Crippen LogP contribution in [-0.4, -0.2) is 23.8 Å². The summed E-state index contributed by atoms with van der Waals surface area (Å²) in [7, 11) is 0. The quantitative estimate of drug-likeness (QED) is 0.626. The van der Waals surface area contributed by atoms with Gasteiger partial charge in [-0.15, -0.1) is 0 Å². The smallest absolute Gasteiger partial charge is 0.303 e. The fraction of sp³-hybridized carbons (Fsp3) is 0.857. The van der Waals surface area contributed by atoms with E-state index in [0.717, 1.165) is 13.0 Å². The maximum atomic E-state index is 10.2. The zero-order valence-corrected chi connectivity index (χ0v) is 6.04. The van der Waals surface area contributed by atoms with E-state index in [4.69, 9.17) is 9.84 Å². The molecule has 0 aromatic carbocycles. The van der Waals surface area contributed by atoms with Gasteiger partial charge in [0.15, 0.2) is 0 Å². The number of hydrogen-bond donors (Lipinski definition) is 1. The molecule has 2 atom stereocenters. The topological polar surface area (TPSA) is 46.5 Å². The van der Waals surface area contributed by atoms with Crippen LogP contribution >= 0.6 is 0 Å². The van der Waals surface area contributed by atoms with Crippen molar-refractivity contribution in [3.8, 4) is 0 Å². The van der Waals surface area contributed by atoms with Crippen LogP contribution in [0.4, 0.5) is 0 Å². The summed E-state index contributed by atoms with van der Waals surface area (Å²) in [5, 5.41) is 8.44. The Labute approximate surface area is 60.0 Å². The lowest BCUT2D eigenvalue weighted by Crippen LogP contribution is -2.15. The minimum absolute atomic E-state index is 0.135. The van der Waals surface area contributed by atoms with Gasteiger partial charge in [-0.25, -0.2) is 0 Å². The van der Waals surface area contributed by atoms with Crippen molar-refractivity contribution >= 4 is 5.97 Å². The molecule has 10 heavy (non-hydrogen) atoms. The summed E-state index contributed by atoms with van der Waals surface area (Å²) < 4.78 is 5.20. The maximum absolute atomic E-state index is 10.2. The summed E-state index contributed by atoms with van der Waals surface area (Å²) in [4.78, 5) is 10.2. The van der Waals surface area contributed by atoms with Crippen LogP contribution in [0.25, 0.3) is 0 Å². The number of aliphatic carboxylic acids is 1. The number of rotatable bonds is 2. The molecule has 58 valence electrons. The highest BCUT2D eigenvalue weighted by Gasteiger charge is 2.25. The van der Waals surface area contributed by atoms with Crippen LogP contribution in [0.15, 0.2) is 0 Å². The molecule has 3 nitrogen and oxygen atoms in total. The van der Waals surface area contributed by atoms with Crippen LogP contribution in [0.5, 0.6) is 0 Å². The van der Waals surface area contributed by atoms with Crippen molar-refractivity contribution in [3.63, 3.8) is 0 Å². The van der Waals surface area contributed by atoms with Gasteiger partial charge in [0.2, 0.25) is 0 Å². The van der Waals surface area contributed by atoms with Crippen molar-refractivity contribution in [2.24, 2.45) is 5.92 Å². The average molecular weight is 144 g/mol.